The van der Waals surface area contributed by atoms with Crippen molar-refractivity contribution in [1.29, 1.82) is 0 Å². The second-order valence-electron chi connectivity index (χ2n) is 6.64. The Balaban J connectivity index is 1.66. The van der Waals surface area contributed by atoms with Crippen molar-refractivity contribution < 1.29 is 14.3 Å². The number of ether oxygens (including phenoxy) is 2. The number of pyridine rings is 1. The van der Waals surface area contributed by atoms with Gasteiger partial charge in [-0.15, -0.1) is 0 Å². The summed E-state index contributed by atoms with van der Waals surface area (Å²) in [5, 5.41) is 0. The molecule has 0 bridgehead atoms. The molecule has 0 radical (unpaired) electrons. The van der Waals surface area contributed by atoms with E-state index in [1.165, 1.54) is 18.9 Å². The number of aromatic amines is 1. The van der Waals surface area contributed by atoms with Crippen LogP contribution >= 0.6 is 0 Å². The maximum absolute atomic E-state index is 12.3. The molecule has 3 rings (SSSR count). The highest BCUT2D eigenvalue weighted by Crippen LogP contribution is 2.24. The predicted molar refractivity (Wildman–Crippen MR) is 86.9 cm³/mol. The van der Waals surface area contributed by atoms with Crippen molar-refractivity contribution in [3.05, 3.63) is 28.0 Å². The number of hydrogen-bond acceptors (Lipinski definition) is 4. The van der Waals surface area contributed by atoms with Crippen LogP contribution in [0.2, 0.25) is 0 Å². The topological polar surface area (TPSA) is 68.4 Å². The van der Waals surface area contributed by atoms with Gasteiger partial charge in [0.2, 0.25) is 0 Å². The predicted octanol–water partition coefficient (Wildman–Crippen LogP) is 3.58. The van der Waals surface area contributed by atoms with E-state index in [-0.39, 0.29) is 23.3 Å². The zero-order valence-corrected chi connectivity index (χ0v) is 13.5. The van der Waals surface area contributed by atoms with E-state index in [1.54, 1.807) is 6.07 Å². The molecule has 0 aromatic carbocycles. The van der Waals surface area contributed by atoms with Crippen LogP contribution in [-0.4, -0.2) is 23.2 Å². The maximum Gasteiger partial charge on any atom is 0.338 e. The molecule has 1 N–H and O–H groups in total. The quantitative estimate of drug-likeness (QED) is 0.861. The van der Waals surface area contributed by atoms with Gasteiger partial charge in [-0.3, -0.25) is 9.78 Å². The summed E-state index contributed by atoms with van der Waals surface area (Å²) in [5.74, 6) is -0.0449. The number of rotatable bonds is 4. The third-order valence-electron chi connectivity index (χ3n) is 4.73. The largest absolute Gasteiger partial charge is 0.476 e. The number of nitrogens with one attached hydrogen (secondary N) is 1. The fourth-order valence-corrected chi connectivity index (χ4v) is 3.46. The van der Waals surface area contributed by atoms with Crippen molar-refractivity contribution in [3.8, 4) is 5.88 Å². The lowest BCUT2D eigenvalue weighted by molar-refractivity contribution is 0.0210. The molecule has 5 heteroatoms. The maximum atomic E-state index is 12.3. The minimum Gasteiger partial charge on any atom is -0.476 e. The van der Waals surface area contributed by atoms with E-state index in [2.05, 4.69) is 4.98 Å². The van der Waals surface area contributed by atoms with Crippen molar-refractivity contribution in [2.75, 3.05) is 0 Å². The molecular weight excluding hydrogens is 294 g/mol. The van der Waals surface area contributed by atoms with Crippen LogP contribution < -0.4 is 10.3 Å². The standard InChI is InChI=1S/C18H25NO4/c20-16-11-13(18(21)23-15-9-5-2-6-10-15)12-17(19-16)22-14-7-3-1-4-8-14/h11-12,14-15H,1-10H2,(H,19,20). The molecule has 0 spiro atoms. The zero-order valence-electron chi connectivity index (χ0n) is 13.5. The van der Waals surface area contributed by atoms with E-state index in [0.29, 0.717) is 5.88 Å². The van der Waals surface area contributed by atoms with E-state index < -0.39 is 5.97 Å². The summed E-state index contributed by atoms with van der Waals surface area (Å²) < 4.78 is 11.4. The van der Waals surface area contributed by atoms with Gasteiger partial charge < -0.3 is 9.47 Å². The van der Waals surface area contributed by atoms with Gasteiger partial charge in [0.1, 0.15) is 12.2 Å². The van der Waals surface area contributed by atoms with Crippen molar-refractivity contribution >= 4 is 5.97 Å². The van der Waals surface area contributed by atoms with Gasteiger partial charge in [0.25, 0.3) is 5.56 Å². The van der Waals surface area contributed by atoms with Gasteiger partial charge in [0, 0.05) is 12.1 Å². The molecule has 126 valence electrons. The highest BCUT2D eigenvalue weighted by Gasteiger charge is 2.21. The van der Waals surface area contributed by atoms with Gasteiger partial charge in [-0.1, -0.05) is 12.8 Å². The van der Waals surface area contributed by atoms with Crippen LogP contribution in [0.25, 0.3) is 0 Å². The number of carbonyl (C=O) groups excluding carboxylic acids is 1. The molecule has 0 saturated heterocycles. The summed E-state index contributed by atoms with van der Waals surface area (Å²) in [4.78, 5) is 26.8. The molecule has 1 aromatic heterocycles. The Bertz CT molecular complexity index is 583. The van der Waals surface area contributed by atoms with Crippen LogP contribution in [0.3, 0.4) is 0 Å². The number of aromatic nitrogens is 1. The summed E-state index contributed by atoms with van der Waals surface area (Å²) in [7, 11) is 0. The zero-order chi connectivity index (χ0) is 16.1. The molecule has 5 nitrogen and oxygen atoms in total. The SMILES string of the molecule is O=C(OC1CCCCC1)c1cc(OC2CCCCC2)[nH]c(=O)c1. The first-order valence-corrected chi connectivity index (χ1v) is 8.83. The number of H-pyrrole nitrogens is 1. The van der Waals surface area contributed by atoms with E-state index in [0.717, 1.165) is 51.4 Å². The van der Waals surface area contributed by atoms with Crippen molar-refractivity contribution in [2.24, 2.45) is 0 Å². The Labute approximate surface area is 136 Å². The van der Waals surface area contributed by atoms with E-state index in [4.69, 9.17) is 9.47 Å². The number of carbonyl (C=O) groups is 1. The van der Waals surface area contributed by atoms with Gasteiger partial charge in [0.05, 0.1) is 5.56 Å². The minimum atomic E-state index is -0.420. The Morgan fingerprint density at radius 3 is 2.17 bits per heavy atom. The molecule has 0 aliphatic heterocycles. The van der Waals surface area contributed by atoms with Crippen molar-refractivity contribution in [3.63, 3.8) is 0 Å². The molecule has 2 fully saturated rings. The molecule has 0 unspecified atom stereocenters. The number of esters is 1. The minimum absolute atomic E-state index is 0.0155. The summed E-state index contributed by atoms with van der Waals surface area (Å²) in [6.07, 6.45) is 10.9. The van der Waals surface area contributed by atoms with Crippen LogP contribution in [0.1, 0.15) is 74.6 Å². The van der Waals surface area contributed by atoms with E-state index in [9.17, 15) is 9.59 Å². The van der Waals surface area contributed by atoms with Gasteiger partial charge in [-0.25, -0.2) is 4.79 Å². The van der Waals surface area contributed by atoms with Gasteiger partial charge >= 0.3 is 5.97 Å². The second kappa shape index (κ2) is 7.66. The second-order valence-corrected chi connectivity index (χ2v) is 6.64. The monoisotopic (exact) mass is 319 g/mol. The van der Waals surface area contributed by atoms with E-state index in [1.807, 2.05) is 0 Å². The summed E-state index contributed by atoms with van der Waals surface area (Å²) >= 11 is 0. The van der Waals surface area contributed by atoms with Crippen LogP contribution in [-0.2, 0) is 4.74 Å². The molecule has 23 heavy (non-hydrogen) atoms. The van der Waals surface area contributed by atoms with Crippen LogP contribution in [0, 0.1) is 0 Å². The Morgan fingerprint density at radius 1 is 0.913 bits per heavy atom. The average Bonchev–Trinajstić information content (AvgIpc) is 2.56. The van der Waals surface area contributed by atoms with Crippen LogP contribution in [0.4, 0.5) is 0 Å². The lowest BCUT2D eigenvalue weighted by Gasteiger charge is -2.23. The number of hydrogen-bond donors (Lipinski definition) is 1. The van der Waals surface area contributed by atoms with Gasteiger partial charge in [-0.05, 0) is 51.4 Å². The third kappa shape index (κ3) is 4.60. The molecule has 1 aromatic rings. The molecule has 0 amide bonds. The van der Waals surface area contributed by atoms with Crippen molar-refractivity contribution in [2.45, 2.75) is 76.4 Å². The van der Waals surface area contributed by atoms with E-state index >= 15 is 0 Å². The van der Waals surface area contributed by atoms with Crippen molar-refractivity contribution in [1.82, 2.24) is 4.98 Å². The first-order chi connectivity index (χ1) is 11.2. The van der Waals surface area contributed by atoms with Gasteiger partial charge in [0.15, 0.2) is 5.88 Å². The molecule has 2 aliphatic carbocycles. The molecule has 2 aliphatic rings. The average molecular weight is 319 g/mol. The first-order valence-electron chi connectivity index (χ1n) is 8.83. The highest BCUT2D eigenvalue weighted by atomic mass is 16.5. The smallest absolute Gasteiger partial charge is 0.338 e. The Kier molecular flexibility index (Phi) is 5.36. The van der Waals surface area contributed by atoms with Crippen LogP contribution in [0.15, 0.2) is 16.9 Å². The summed E-state index contributed by atoms with van der Waals surface area (Å²) in [6, 6.07) is 2.89. The molecular formula is C18H25NO4. The Morgan fingerprint density at radius 2 is 1.52 bits per heavy atom. The fraction of sp³-hybridized carbons (Fsp3) is 0.667. The lowest BCUT2D eigenvalue weighted by atomic mass is 9.98. The van der Waals surface area contributed by atoms with Gasteiger partial charge in [-0.2, -0.15) is 0 Å². The Hall–Kier alpha value is -1.78. The van der Waals surface area contributed by atoms with Crippen LogP contribution in [0.5, 0.6) is 5.88 Å². The first kappa shape index (κ1) is 16.1. The third-order valence-corrected chi connectivity index (χ3v) is 4.73. The summed E-state index contributed by atoms with van der Waals surface area (Å²) in [6.45, 7) is 0. The summed E-state index contributed by atoms with van der Waals surface area (Å²) in [5.41, 5.74) is -0.0426. The highest BCUT2D eigenvalue weighted by molar-refractivity contribution is 5.89. The lowest BCUT2D eigenvalue weighted by Crippen LogP contribution is -2.24. The molecule has 1 heterocycles. The molecule has 2 saturated carbocycles. The normalized spacial score (nSPS) is 20.2. The molecule has 0 atom stereocenters. The fourth-order valence-electron chi connectivity index (χ4n) is 3.46.